The van der Waals surface area contributed by atoms with Gasteiger partial charge in [0, 0.05) is 45.5 Å². The summed E-state index contributed by atoms with van der Waals surface area (Å²) in [5.41, 5.74) is 0. The van der Waals surface area contributed by atoms with Crippen LogP contribution in [0.3, 0.4) is 0 Å². The number of rotatable bonds is 7. The van der Waals surface area contributed by atoms with Gasteiger partial charge in [0.25, 0.3) is 0 Å². The molecule has 7 nitrogen and oxygen atoms in total. The van der Waals surface area contributed by atoms with Gasteiger partial charge >= 0.3 is 0 Å². The van der Waals surface area contributed by atoms with Crippen molar-refractivity contribution in [3.05, 3.63) is 36.5 Å². The molecule has 7 heteroatoms. The third-order valence-corrected chi connectivity index (χ3v) is 7.16. The lowest BCUT2D eigenvalue weighted by atomic mass is 9.85. The van der Waals surface area contributed by atoms with Crippen LogP contribution in [0.25, 0.3) is 0 Å². The van der Waals surface area contributed by atoms with Crippen LogP contribution in [0.2, 0.25) is 0 Å². The predicted molar refractivity (Wildman–Crippen MR) is 113 cm³/mol. The summed E-state index contributed by atoms with van der Waals surface area (Å²) in [6.07, 6.45) is 6.93. The molecule has 4 aliphatic rings. The summed E-state index contributed by atoms with van der Waals surface area (Å²) in [7, 11) is 0. The maximum Gasteiger partial charge on any atom is 0.233 e. The van der Waals surface area contributed by atoms with Gasteiger partial charge in [0.1, 0.15) is 5.82 Å². The molecule has 2 amide bonds. The van der Waals surface area contributed by atoms with Gasteiger partial charge in [-0.3, -0.25) is 19.4 Å². The molecule has 2 aliphatic carbocycles. The first-order chi connectivity index (χ1) is 14.7. The summed E-state index contributed by atoms with van der Waals surface area (Å²) in [6.45, 7) is 7.32. The van der Waals surface area contributed by atoms with Crippen molar-refractivity contribution in [1.29, 1.82) is 0 Å². The van der Waals surface area contributed by atoms with Crippen molar-refractivity contribution in [3.8, 4) is 0 Å². The second-order valence-electron chi connectivity index (χ2n) is 8.84. The SMILES string of the molecule is CCOC(CN1CCN(c2ccccn2)CC1)CN1C(=O)C2C3C=C[C@@H](C3)[C@@H]2C1=O. The topological polar surface area (TPSA) is 66.0 Å². The van der Waals surface area contributed by atoms with E-state index in [-0.39, 0.29) is 41.6 Å². The van der Waals surface area contributed by atoms with Gasteiger partial charge in [-0.1, -0.05) is 18.2 Å². The summed E-state index contributed by atoms with van der Waals surface area (Å²) < 4.78 is 5.98. The summed E-state index contributed by atoms with van der Waals surface area (Å²) >= 11 is 0. The van der Waals surface area contributed by atoms with Gasteiger partial charge in [0.05, 0.1) is 24.5 Å². The maximum absolute atomic E-state index is 13.0. The summed E-state index contributed by atoms with van der Waals surface area (Å²) in [5, 5.41) is 0. The lowest BCUT2D eigenvalue weighted by molar-refractivity contribution is -0.143. The van der Waals surface area contributed by atoms with Gasteiger partial charge in [-0.25, -0.2) is 4.98 Å². The van der Waals surface area contributed by atoms with E-state index in [0.717, 1.165) is 45.0 Å². The number of allylic oxidation sites excluding steroid dienone is 2. The number of likely N-dealkylation sites (tertiary alicyclic amines) is 1. The summed E-state index contributed by atoms with van der Waals surface area (Å²) in [5.74, 6) is 1.31. The van der Waals surface area contributed by atoms with E-state index in [1.165, 1.54) is 4.90 Å². The van der Waals surface area contributed by atoms with E-state index in [2.05, 4.69) is 26.9 Å². The zero-order valence-electron chi connectivity index (χ0n) is 17.5. The second kappa shape index (κ2) is 8.12. The van der Waals surface area contributed by atoms with Crippen LogP contribution in [0.4, 0.5) is 5.82 Å². The van der Waals surface area contributed by atoms with Crippen molar-refractivity contribution in [1.82, 2.24) is 14.8 Å². The highest BCUT2D eigenvalue weighted by molar-refractivity contribution is 6.06. The number of piperazine rings is 1. The summed E-state index contributed by atoms with van der Waals surface area (Å²) in [4.78, 5) is 36.6. The average molecular weight is 411 g/mol. The molecule has 0 N–H and O–H groups in total. The van der Waals surface area contributed by atoms with Crippen molar-refractivity contribution < 1.29 is 14.3 Å². The van der Waals surface area contributed by atoms with Crippen LogP contribution < -0.4 is 4.90 Å². The molecule has 2 saturated heterocycles. The number of hydrogen-bond acceptors (Lipinski definition) is 6. The van der Waals surface area contributed by atoms with E-state index in [1.54, 1.807) is 0 Å². The third kappa shape index (κ3) is 3.44. The van der Waals surface area contributed by atoms with Crippen molar-refractivity contribution in [2.24, 2.45) is 23.7 Å². The molecule has 2 aliphatic heterocycles. The lowest BCUT2D eigenvalue weighted by Gasteiger charge is -2.37. The Morgan fingerprint density at radius 3 is 2.33 bits per heavy atom. The molecule has 1 aromatic heterocycles. The molecule has 3 heterocycles. The fourth-order valence-corrected chi connectivity index (χ4v) is 5.73. The molecule has 0 aromatic carbocycles. The minimum Gasteiger partial charge on any atom is -0.375 e. The van der Waals surface area contributed by atoms with E-state index < -0.39 is 0 Å². The molecule has 1 aromatic rings. The molecular formula is C23H30N4O3. The Balaban J connectivity index is 1.19. The van der Waals surface area contributed by atoms with Crippen LogP contribution in [0, 0.1) is 23.7 Å². The van der Waals surface area contributed by atoms with Crippen LogP contribution in [-0.2, 0) is 14.3 Å². The molecule has 0 spiro atoms. The van der Waals surface area contributed by atoms with E-state index in [9.17, 15) is 9.59 Å². The molecular weight excluding hydrogens is 380 g/mol. The Bertz CT molecular complexity index is 791. The standard InChI is InChI=1S/C23H30N4O3/c1-2-30-18(14-25-9-11-26(12-10-25)19-5-3-4-8-24-19)15-27-22(28)20-16-6-7-17(13-16)21(20)23(27)29/h3-8,16-18,20-21H,2,9-15H2,1H3/t16-,17?,18?,20-,21?/m0/s1. The van der Waals surface area contributed by atoms with Crippen molar-refractivity contribution in [2.75, 3.05) is 50.8 Å². The maximum atomic E-state index is 13.0. The van der Waals surface area contributed by atoms with Crippen molar-refractivity contribution in [3.63, 3.8) is 0 Å². The Kier molecular flexibility index (Phi) is 5.33. The number of nitrogens with zero attached hydrogens (tertiary/aromatic N) is 4. The molecule has 30 heavy (non-hydrogen) atoms. The van der Waals surface area contributed by atoms with Crippen LogP contribution in [0.15, 0.2) is 36.5 Å². The largest absolute Gasteiger partial charge is 0.375 e. The van der Waals surface area contributed by atoms with Crippen LogP contribution in [0.1, 0.15) is 13.3 Å². The number of ether oxygens (including phenoxy) is 1. The van der Waals surface area contributed by atoms with E-state index in [1.807, 2.05) is 31.3 Å². The summed E-state index contributed by atoms with van der Waals surface area (Å²) in [6, 6.07) is 5.99. The van der Waals surface area contributed by atoms with Crippen LogP contribution in [0.5, 0.6) is 0 Å². The molecule has 3 unspecified atom stereocenters. The Morgan fingerprint density at radius 1 is 1.03 bits per heavy atom. The first kappa shape index (κ1) is 19.7. The Hall–Kier alpha value is -2.25. The predicted octanol–water partition coefficient (Wildman–Crippen LogP) is 1.42. The number of hydrogen-bond donors (Lipinski definition) is 0. The molecule has 5 atom stereocenters. The van der Waals surface area contributed by atoms with Gasteiger partial charge in [-0.2, -0.15) is 0 Å². The van der Waals surface area contributed by atoms with Gasteiger partial charge in [-0.05, 0) is 37.3 Å². The zero-order chi connectivity index (χ0) is 20.7. The number of carbonyl (C=O) groups is 2. The smallest absolute Gasteiger partial charge is 0.233 e. The minimum absolute atomic E-state index is 0.0199. The van der Waals surface area contributed by atoms with Gasteiger partial charge in [0.2, 0.25) is 11.8 Å². The number of anilines is 1. The number of amides is 2. The number of fused-ring (bicyclic) bond motifs is 5. The monoisotopic (exact) mass is 410 g/mol. The molecule has 2 bridgehead atoms. The number of imide groups is 1. The number of aromatic nitrogens is 1. The fourth-order valence-electron chi connectivity index (χ4n) is 5.73. The molecule has 160 valence electrons. The Labute approximate surface area is 177 Å². The highest BCUT2D eigenvalue weighted by Gasteiger charge is 2.59. The first-order valence-corrected chi connectivity index (χ1v) is 11.2. The van der Waals surface area contributed by atoms with E-state index in [0.29, 0.717) is 13.2 Å². The number of carbonyl (C=O) groups excluding carboxylic acids is 2. The van der Waals surface area contributed by atoms with Crippen LogP contribution >= 0.6 is 0 Å². The highest BCUT2D eigenvalue weighted by atomic mass is 16.5. The number of pyridine rings is 1. The van der Waals surface area contributed by atoms with Gasteiger partial charge in [0.15, 0.2) is 0 Å². The molecule has 3 fully saturated rings. The zero-order valence-corrected chi connectivity index (χ0v) is 17.5. The molecule has 5 rings (SSSR count). The normalized spacial score (nSPS) is 31.6. The fraction of sp³-hybridized carbons (Fsp3) is 0.609. The van der Waals surface area contributed by atoms with Gasteiger partial charge < -0.3 is 9.64 Å². The van der Waals surface area contributed by atoms with Crippen molar-refractivity contribution in [2.45, 2.75) is 19.4 Å². The molecule has 0 radical (unpaired) electrons. The van der Waals surface area contributed by atoms with Gasteiger partial charge in [-0.15, -0.1) is 0 Å². The Morgan fingerprint density at radius 2 is 1.73 bits per heavy atom. The van der Waals surface area contributed by atoms with E-state index in [4.69, 9.17) is 4.74 Å². The quantitative estimate of drug-likeness (QED) is 0.500. The first-order valence-electron chi connectivity index (χ1n) is 11.2. The molecule has 1 saturated carbocycles. The highest BCUT2D eigenvalue weighted by Crippen LogP contribution is 2.52. The van der Waals surface area contributed by atoms with Crippen molar-refractivity contribution >= 4 is 17.6 Å². The van der Waals surface area contributed by atoms with Crippen LogP contribution in [-0.4, -0.2) is 78.6 Å². The second-order valence-corrected chi connectivity index (χ2v) is 8.84. The average Bonchev–Trinajstić information content (AvgIpc) is 3.45. The minimum atomic E-state index is -0.145. The lowest BCUT2D eigenvalue weighted by Crippen LogP contribution is -2.51. The third-order valence-electron chi connectivity index (χ3n) is 7.16. The van der Waals surface area contributed by atoms with E-state index >= 15 is 0 Å².